The first-order chi connectivity index (χ1) is 9.82. The van der Waals surface area contributed by atoms with Gasteiger partial charge in [0.05, 0.1) is 25.2 Å². The van der Waals surface area contributed by atoms with Crippen LogP contribution < -0.4 is 4.74 Å². The maximum absolute atomic E-state index is 12.4. The van der Waals surface area contributed by atoms with Gasteiger partial charge in [0.25, 0.3) is 0 Å². The summed E-state index contributed by atoms with van der Waals surface area (Å²) in [5.41, 5.74) is -0.544. The van der Waals surface area contributed by atoms with Gasteiger partial charge in [-0.15, -0.1) is 13.2 Å². The zero-order chi connectivity index (χ0) is 16.0. The third kappa shape index (κ3) is 4.65. The Morgan fingerprint density at radius 2 is 2.10 bits per heavy atom. The lowest BCUT2D eigenvalue weighted by molar-refractivity contribution is -0.275. The summed E-state index contributed by atoms with van der Waals surface area (Å²) in [7, 11) is 0. The van der Waals surface area contributed by atoms with Crippen molar-refractivity contribution in [2.75, 3.05) is 6.61 Å². The van der Waals surface area contributed by atoms with Gasteiger partial charge in [-0.3, -0.25) is 4.79 Å². The highest BCUT2D eigenvalue weighted by Crippen LogP contribution is 2.32. The first-order valence-electron chi connectivity index (χ1n) is 5.89. The molecule has 1 aromatic rings. The molecule has 0 spiro atoms. The van der Waals surface area contributed by atoms with E-state index in [1.807, 2.05) is 0 Å². The monoisotopic (exact) mass is 303 g/mol. The highest BCUT2D eigenvalue weighted by Gasteiger charge is 2.34. The smallest absolute Gasteiger partial charge is 0.466 e. The molecule has 1 rings (SSSR count). The lowest BCUT2D eigenvalue weighted by atomic mass is 10.0. The van der Waals surface area contributed by atoms with Crippen LogP contribution >= 0.6 is 0 Å². The molecule has 8 heteroatoms. The molecule has 0 aliphatic heterocycles. The van der Waals surface area contributed by atoms with Crippen LogP contribution in [0, 0.1) is 11.3 Å². The maximum atomic E-state index is 12.4. The van der Waals surface area contributed by atoms with E-state index in [2.05, 4.69) is 4.74 Å². The molecule has 114 valence electrons. The second-order valence-corrected chi connectivity index (χ2v) is 3.88. The van der Waals surface area contributed by atoms with Crippen molar-refractivity contribution in [2.24, 2.45) is 0 Å². The van der Waals surface area contributed by atoms with Gasteiger partial charge < -0.3 is 14.6 Å². The lowest BCUT2D eigenvalue weighted by Crippen LogP contribution is -2.20. The topological polar surface area (TPSA) is 79.6 Å². The third-order valence-corrected chi connectivity index (χ3v) is 2.49. The number of aliphatic hydroxyl groups excluding tert-OH is 1. The quantitative estimate of drug-likeness (QED) is 0.842. The molecule has 0 saturated heterocycles. The van der Waals surface area contributed by atoms with Crippen molar-refractivity contribution < 1.29 is 32.5 Å². The van der Waals surface area contributed by atoms with Gasteiger partial charge in [-0.25, -0.2) is 0 Å². The van der Waals surface area contributed by atoms with E-state index in [4.69, 9.17) is 10.00 Å². The number of nitriles is 1. The predicted octanol–water partition coefficient (Wildman–Crippen LogP) is 2.05. The normalized spacial score (nSPS) is 10.9. The average molecular weight is 303 g/mol. The van der Waals surface area contributed by atoms with Crippen LogP contribution in [0.15, 0.2) is 12.1 Å². The summed E-state index contributed by atoms with van der Waals surface area (Å²) >= 11 is 0. The molecule has 0 radical (unpaired) electrons. The molecule has 0 heterocycles. The highest BCUT2D eigenvalue weighted by atomic mass is 19.4. The summed E-state index contributed by atoms with van der Waals surface area (Å²) in [5.74, 6) is -1.45. The van der Waals surface area contributed by atoms with Crippen molar-refractivity contribution in [3.05, 3.63) is 28.8 Å². The van der Waals surface area contributed by atoms with Crippen molar-refractivity contribution in [3.8, 4) is 11.8 Å². The summed E-state index contributed by atoms with van der Waals surface area (Å²) in [4.78, 5) is 11.4. The van der Waals surface area contributed by atoms with E-state index in [9.17, 15) is 23.1 Å². The van der Waals surface area contributed by atoms with Crippen LogP contribution in [0.25, 0.3) is 0 Å². The summed E-state index contributed by atoms with van der Waals surface area (Å²) < 4.78 is 45.6. The minimum absolute atomic E-state index is 0.106. The van der Waals surface area contributed by atoms with Crippen molar-refractivity contribution in [3.63, 3.8) is 0 Å². The summed E-state index contributed by atoms with van der Waals surface area (Å²) in [6, 6.07) is 3.92. The number of rotatable bonds is 5. The number of alkyl halides is 3. The summed E-state index contributed by atoms with van der Waals surface area (Å²) in [5, 5.41) is 18.1. The molecule has 0 atom stereocenters. The van der Waals surface area contributed by atoms with Gasteiger partial charge in [-0.05, 0) is 18.6 Å². The fraction of sp³-hybridized carbons (Fsp3) is 0.385. The zero-order valence-electron chi connectivity index (χ0n) is 11.0. The number of ether oxygens (including phenoxy) is 2. The number of halogens is 3. The number of esters is 1. The molecule has 0 bridgehead atoms. The SMILES string of the molecule is CCOC(=O)Cc1ccc(C#N)c(OC(F)(F)F)c1CO. The van der Waals surface area contributed by atoms with Gasteiger partial charge in [0.1, 0.15) is 6.07 Å². The Bertz CT molecular complexity index is 564. The van der Waals surface area contributed by atoms with Gasteiger partial charge in [0, 0.05) is 5.56 Å². The number of benzene rings is 1. The molecular formula is C13H12F3NO4. The van der Waals surface area contributed by atoms with Crippen LogP contribution in [0.5, 0.6) is 5.75 Å². The highest BCUT2D eigenvalue weighted by molar-refractivity contribution is 5.74. The van der Waals surface area contributed by atoms with Crippen LogP contribution in [0.3, 0.4) is 0 Å². The van der Waals surface area contributed by atoms with Gasteiger partial charge in [0.15, 0.2) is 5.75 Å². The fourth-order valence-electron chi connectivity index (χ4n) is 1.70. The molecule has 1 N–H and O–H groups in total. The van der Waals surface area contributed by atoms with Crippen LogP contribution in [-0.4, -0.2) is 24.0 Å². The van der Waals surface area contributed by atoms with E-state index in [-0.39, 0.29) is 29.7 Å². The molecule has 0 aromatic heterocycles. The second kappa shape index (κ2) is 6.95. The molecule has 0 amide bonds. The Labute approximate surface area is 118 Å². The Balaban J connectivity index is 3.26. The Kier molecular flexibility index (Phi) is 5.55. The van der Waals surface area contributed by atoms with Gasteiger partial charge >= 0.3 is 12.3 Å². The zero-order valence-corrected chi connectivity index (χ0v) is 11.0. The van der Waals surface area contributed by atoms with Crippen LogP contribution in [0.1, 0.15) is 23.6 Å². The molecular weight excluding hydrogens is 291 g/mol. The van der Waals surface area contributed by atoms with Crippen LogP contribution in [0.2, 0.25) is 0 Å². The van der Waals surface area contributed by atoms with E-state index >= 15 is 0 Å². The largest absolute Gasteiger partial charge is 0.573 e. The van der Waals surface area contributed by atoms with Crippen molar-refractivity contribution in [2.45, 2.75) is 26.3 Å². The average Bonchev–Trinajstić information content (AvgIpc) is 2.37. The molecule has 0 aliphatic rings. The summed E-state index contributed by atoms with van der Waals surface area (Å²) in [6.45, 7) is 0.896. The van der Waals surface area contributed by atoms with E-state index in [1.54, 1.807) is 13.0 Å². The standard InChI is InChI=1S/C13H12F3NO4/c1-2-20-11(19)5-8-3-4-9(6-17)12(10(8)7-18)21-13(14,15)16/h3-4,18H,2,5,7H2,1H3. The van der Waals surface area contributed by atoms with E-state index in [1.165, 1.54) is 6.07 Å². The lowest BCUT2D eigenvalue weighted by Gasteiger charge is -2.16. The first kappa shape index (κ1) is 16.8. The van der Waals surface area contributed by atoms with Gasteiger partial charge in [-0.1, -0.05) is 6.07 Å². The van der Waals surface area contributed by atoms with E-state index in [0.717, 1.165) is 6.07 Å². The summed E-state index contributed by atoms with van der Waals surface area (Å²) in [6.07, 6.45) is -5.35. The molecule has 0 unspecified atom stereocenters. The maximum Gasteiger partial charge on any atom is 0.573 e. The second-order valence-electron chi connectivity index (χ2n) is 3.88. The number of carbonyl (C=O) groups excluding carboxylic acids is 1. The van der Waals surface area contributed by atoms with E-state index < -0.39 is 24.7 Å². The van der Waals surface area contributed by atoms with Crippen LogP contribution in [0.4, 0.5) is 13.2 Å². The number of hydrogen-bond donors (Lipinski definition) is 1. The van der Waals surface area contributed by atoms with Crippen molar-refractivity contribution in [1.29, 1.82) is 5.26 Å². The molecule has 0 aliphatic carbocycles. The number of aliphatic hydroxyl groups is 1. The number of nitrogens with zero attached hydrogens (tertiary/aromatic N) is 1. The molecule has 0 saturated carbocycles. The number of hydrogen-bond acceptors (Lipinski definition) is 5. The van der Waals surface area contributed by atoms with E-state index in [0.29, 0.717) is 0 Å². The van der Waals surface area contributed by atoms with Gasteiger partial charge in [-0.2, -0.15) is 5.26 Å². The van der Waals surface area contributed by atoms with Crippen molar-refractivity contribution >= 4 is 5.97 Å². The minimum atomic E-state index is -5.02. The molecule has 5 nitrogen and oxygen atoms in total. The fourth-order valence-corrected chi connectivity index (χ4v) is 1.70. The Morgan fingerprint density at radius 1 is 1.43 bits per heavy atom. The Morgan fingerprint density at radius 3 is 2.57 bits per heavy atom. The predicted molar refractivity (Wildman–Crippen MR) is 64.1 cm³/mol. The molecule has 0 fully saturated rings. The van der Waals surface area contributed by atoms with Gasteiger partial charge in [0.2, 0.25) is 0 Å². The molecule has 1 aromatic carbocycles. The van der Waals surface area contributed by atoms with Crippen molar-refractivity contribution in [1.82, 2.24) is 0 Å². The Hall–Kier alpha value is -2.27. The third-order valence-electron chi connectivity index (χ3n) is 2.49. The number of carbonyl (C=O) groups is 1. The molecule has 21 heavy (non-hydrogen) atoms. The van der Waals surface area contributed by atoms with Crippen LogP contribution in [-0.2, 0) is 22.6 Å². The first-order valence-corrected chi connectivity index (χ1v) is 5.89. The minimum Gasteiger partial charge on any atom is -0.466 e.